The molecular formula is C10H15NS. The van der Waals surface area contributed by atoms with Crippen LogP contribution >= 0.6 is 11.3 Å². The first-order valence-corrected chi connectivity index (χ1v) is 5.46. The van der Waals surface area contributed by atoms with Crippen molar-refractivity contribution in [2.75, 3.05) is 0 Å². The first-order chi connectivity index (χ1) is 5.73. The Morgan fingerprint density at radius 3 is 3.25 bits per heavy atom. The fourth-order valence-electron chi connectivity index (χ4n) is 1.88. The molecule has 66 valence electrons. The van der Waals surface area contributed by atoms with Gasteiger partial charge in [-0.25, -0.2) is 0 Å². The highest BCUT2D eigenvalue weighted by molar-refractivity contribution is 7.10. The first-order valence-electron chi connectivity index (χ1n) is 4.58. The van der Waals surface area contributed by atoms with Gasteiger partial charge in [0.15, 0.2) is 0 Å². The van der Waals surface area contributed by atoms with Crippen molar-refractivity contribution in [1.29, 1.82) is 0 Å². The monoisotopic (exact) mass is 181 g/mol. The average molecular weight is 181 g/mol. The van der Waals surface area contributed by atoms with Crippen molar-refractivity contribution in [3.63, 3.8) is 0 Å². The molecule has 0 aliphatic heterocycles. The van der Waals surface area contributed by atoms with Crippen molar-refractivity contribution in [2.24, 2.45) is 5.73 Å². The highest BCUT2D eigenvalue weighted by Gasteiger charge is 2.28. The molecule has 1 unspecified atom stereocenters. The average Bonchev–Trinajstić information content (AvgIpc) is 2.51. The van der Waals surface area contributed by atoms with Crippen molar-refractivity contribution in [3.05, 3.63) is 21.9 Å². The summed E-state index contributed by atoms with van der Waals surface area (Å²) in [5.74, 6) is 0. The van der Waals surface area contributed by atoms with Crippen LogP contribution < -0.4 is 5.73 Å². The molecule has 2 rings (SSSR count). The number of nitrogens with two attached hydrogens (primary N) is 1. The van der Waals surface area contributed by atoms with E-state index in [1.165, 1.54) is 12.0 Å². The molecule has 1 aliphatic rings. The van der Waals surface area contributed by atoms with Crippen LogP contribution in [0.15, 0.2) is 11.4 Å². The Morgan fingerprint density at radius 1 is 1.67 bits per heavy atom. The van der Waals surface area contributed by atoms with Crippen molar-refractivity contribution >= 4 is 11.3 Å². The molecular weight excluding hydrogens is 166 g/mol. The molecule has 1 heterocycles. The number of hydrogen-bond donors (Lipinski definition) is 1. The summed E-state index contributed by atoms with van der Waals surface area (Å²) in [5, 5.41) is 2.19. The van der Waals surface area contributed by atoms with Crippen LogP contribution in [0.3, 0.4) is 0 Å². The third-order valence-corrected chi connectivity index (χ3v) is 3.96. The third kappa shape index (κ3) is 1.29. The molecule has 1 atom stereocenters. The zero-order chi connectivity index (χ0) is 8.60. The van der Waals surface area contributed by atoms with Crippen LogP contribution in [-0.2, 0) is 12.8 Å². The van der Waals surface area contributed by atoms with Gasteiger partial charge in [0.25, 0.3) is 0 Å². The highest BCUT2D eigenvalue weighted by Crippen LogP contribution is 2.32. The molecule has 0 saturated carbocycles. The van der Waals surface area contributed by atoms with E-state index < -0.39 is 0 Å². The minimum atomic E-state index is 0.0913. The summed E-state index contributed by atoms with van der Waals surface area (Å²) in [7, 11) is 0. The molecule has 0 radical (unpaired) electrons. The maximum absolute atomic E-state index is 6.24. The van der Waals surface area contributed by atoms with Crippen molar-refractivity contribution in [1.82, 2.24) is 0 Å². The van der Waals surface area contributed by atoms with Crippen LogP contribution in [0.2, 0.25) is 0 Å². The SMILES string of the molecule is CCC1(N)CCc2sccc2C1. The Labute approximate surface area is 77.6 Å². The summed E-state index contributed by atoms with van der Waals surface area (Å²) in [6, 6.07) is 2.23. The Bertz CT molecular complexity index is 279. The quantitative estimate of drug-likeness (QED) is 0.707. The van der Waals surface area contributed by atoms with Gasteiger partial charge in [-0.3, -0.25) is 0 Å². The molecule has 1 aliphatic carbocycles. The molecule has 2 N–H and O–H groups in total. The maximum atomic E-state index is 6.24. The summed E-state index contributed by atoms with van der Waals surface area (Å²) in [6.45, 7) is 2.19. The summed E-state index contributed by atoms with van der Waals surface area (Å²) in [6.07, 6.45) is 4.54. The second kappa shape index (κ2) is 2.86. The van der Waals surface area contributed by atoms with Crippen LogP contribution in [0, 0.1) is 0 Å². The van der Waals surface area contributed by atoms with Crippen molar-refractivity contribution < 1.29 is 0 Å². The van der Waals surface area contributed by atoms with Crippen molar-refractivity contribution in [3.8, 4) is 0 Å². The summed E-state index contributed by atoms with van der Waals surface area (Å²) in [4.78, 5) is 1.56. The molecule has 12 heavy (non-hydrogen) atoms. The number of hydrogen-bond acceptors (Lipinski definition) is 2. The third-order valence-electron chi connectivity index (χ3n) is 2.93. The number of rotatable bonds is 1. The van der Waals surface area contributed by atoms with Gasteiger partial charge in [0.1, 0.15) is 0 Å². The fraction of sp³-hybridized carbons (Fsp3) is 0.600. The summed E-state index contributed by atoms with van der Waals surface area (Å²) < 4.78 is 0. The predicted octanol–water partition coefficient (Wildman–Crippen LogP) is 2.34. The van der Waals surface area contributed by atoms with Crippen LogP contribution in [-0.4, -0.2) is 5.54 Å². The molecule has 0 saturated heterocycles. The normalized spacial score (nSPS) is 28.5. The molecule has 0 amide bonds. The topological polar surface area (TPSA) is 26.0 Å². The van der Waals surface area contributed by atoms with Gasteiger partial charge in [0.2, 0.25) is 0 Å². The van der Waals surface area contributed by atoms with Gasteiger partial charge in [-0.1, -0.05) is 6.92 Å². The van der Waals surface area contributed by atoms with E-state index >= 15 is 0 Å². The first kappa shape index (κ1) is 8.27. The lowest BCUT2D eigenvalue weighted by atomic mass is 9.80. The second-order valence-corrected chi connectivity index (χ2v) is 4.76. The van der Waals surface area contributed by atoms with Gasteiger partial charge in [0.05, 0.1) is 0 Å². The zero-order valence-corrected chi connectivity index (χ0v) is 8.29. The number of thiophene rings is 1. The molecule has 1 aromatic heterocycles. The minimum Gasteiger partial charge on any atom is -0.325 e. The molecule has 0 spiro atoms. The Morgan fingerprint density at radius 2 is 2.50 bits per heavy atom. The largest absolute Gasteiger partial charge is 0.325 e. The van der Waals surface area contributed by atoms with E-state index in [9.17, 15) is 0 Å². The van der Waals surface area contributed by atoms with Gasteiger partial charge in [0, 0.05) is 10.4 Å². The maximum Gasteiger partial charge on any atom is 0.0196 e. The Balaban J connectivity index is 2.25. The lowest BCUT2D eigenvalue weighted by Crippen LogP contribution is -2.43. The van der Waals surface area contributed by atoms with Crippen LogP contribution in [0.1, 0.15) is 30.2 Å². The van der Waals surface area contributed by atoms with Crippen LogP contribution in [0.25, 0.3) is 0 Å². The zero-order valence-electron chi connectivity index (χ0n) is 7.47. The highest BCUT2D eigenvalue weighted by atomic mass is 32.1. The Hall–Kier alpha value is -0.340. The van der Waals surface area contributed by atoms with E-state index in [1.807, 2.05) is 11.3 Å². The standard InChI is InChI=1S/C10H15NS/c1-2-10(11)5-3-9-8(7-10)4-6-12-9/h4,6H,2-3,5,7,11H2,1H3. The lowest BCUT2D eigenvalue weighted by molar-refractivity contribution is 0.362. The van der Waals surface area contributed by atoms with Gasteiger partial charge in [-0.2, -0.15) is 0 Å². The molecule has 0 aromatic carbocycles. The van der Waals surface area contributed by atoms with Gasteiger partial charge >= 0.3 is 0 Å². The Kier molecular flexibility index (Phi) is 1.97. The summed E-state index contributed by atoms with van der Waals surface area (Å²) >= 11 is 1.88. The predicted molar refractivity (Wildman–Crippen MR) is 53.6 cm³/mol. The van der Waals surface area contributed by atoms with Gasteiger partial charge in [-0.05, 0) is 42.7 Å². The fourth-order valence-corrected chi connectivity index (χ4v) is 2.78. The van der Waals surface area contributed by atoms with E-state index in [4.69, 9.17) is 5.73 Å². The molecule has 0 bridgehead atoms. The smallest absolute Gasteiger partial charge is 0.0196 e. The summed E-state index contributed by atoms with van der Waals surface area (Å²) in [5.41, 5.74) is 7.82. The minimum absolute atomic E-state index is 0.0913. The molecule has 1 nitrogen and oxygen atoms in total. The lowest BCUT2D eigenvalue weighted by Gasteiger charge is -2.32. The number of fused-ring (bicyclic) bond motifs is 1. The molecule has 1 aromatic rings. The van der Waals surface area contributed by atoms with E-state index in [-0.39, 0.29) is 5.54 Å². The van der Waals surface area contributed by atoms with Crippen LogP contribution in [0.5, 0.6) is 0 Å². The van der Waals surface area contributed by atoms with E-state index in [0.717, 1.165) is 19.3 Å². The van der Waals surface area contributed by atoms with E-state index in [0.29, 0.717) is 0 Å². The number of aryl methyl sites for hydroxylation is 1. The second-order valence-electron chi connectivity index (χ2n) is 3.76. The van der Waals surface area contributed by atoms with E-state index in [1.54, 1.807) is 4.88 Å². The van der Waals surface area contributed by atoms with Gasteiger partial charge < -0.3 is 5.73 Å². The van der Waals surface area contributed by atoms with Gasteiger partial charge in [-0.15, -0.1) is 11.3 Å². The van der Waals surface area contributed by atoms with Crippen molar-refractivity contribution in [2.45, 2.75) is 38.1 Å². The molecule has 0 fully saturated rings. The van der Waals surface area contributed by atoms with E-state index in [2.05, 4.69) is 18.4 Å². The molecule has 2 heteroatoms. The van der Waals surface area contributed by atoms with Crippen LogP contribution in [0.4, 0.5) is 0 Å².